The number of amides is 1. The highest BCUT2D eigenvalue weighted by atomic mass is 32.1. The lowest BCUT2D eigenvalue weighted by Gasteiger charge is -2.28. The monoisotopic (exact) mass is 542 g/mol. The maximum absolute atomic E-state index is 13.8. The van der Waals surface area contributed by atoms with Crippen LogP contribution >= 0.6 is 22.7 Å². The van der Waals surface area contributed by atoms with Gasteiger partial charge in [0.1, 0.15) is 6.04 Å². The van der Waals surface area contributed by atoms with Crippen LogP contribution in [0.15, 0.2) is 93.2 Å². The van der Waals surface area contributed by atoms with Gasteiger partial charge in [0, 0.05) is 29.3 Å². The number of thiazole rings is 1. The third-order valence-electron chi connectivity index (χ3n) is 6.68. The average Bonchev–Trinajstić information content (AvgIpc) is 3.58. The zero-order chi connectivity index (χ0) is 26.1. The Morgan fingerprint density at radius 3 is 2.53 bits per heavy atom. The van der Waals surface area contributed by atoms with Crippen molar-refractivity contribution in [1.82, 2.24) is 4.57 Å². The summed E-state index contributed by atoms with van der Waals surface area (Å²) in [5.74, 6) is -0.260. The van der Waals surface area contributed by atoms with Gasteiger partial charge in [-0.1, -0.05) is 47.7 Å². The summed E-state index contributed by atoms with van der Waals surface area (Å²) < 4.78 is 7.70. The molecule has 9 heteroatoms. The Labute approximate surface area is 227 Å². The number of anilines is 2. The molecule has 7 nitrogen and oxygen atoms in total. The highest BCUT2D eigenvalue weighted by molar-refractivity contribution is 7.10. The van der Waals surface area contributed by atoms with Crippen molar-refractivity contribution in [2.75, 3.05) is 36.5 Å². The molecule has 0 radical (unpaired) electrons. The Morgan fingerprint density at radius 2 is 1.82 bits per heavy atom. The van der Waals surface area contributed by atoms with Gasteiger partial charge in [0.05, 0.1) is 29.0 Å². The summed E-state index contributed by atoms with van der Waals surface area (Å²) in [6.45, 7) is 5.06. The largest absolute Gasteiger partial charge is 0.378 e. The van der Waals surface area contributed by atoms with Crippen LogP contribution in [0.3, 0.4) is 0 Å². The molecule has 4 heterocycles. The van der Waals surface area contributed by atoms with Crippen molar-refractivity contribution in [1.29, 1.82) is 0 Å². The Morgan fingerprint density at radius 1 is 1.05 bits per heavy atom. The lowest BCUT2D eigenvalue weighted by molar-refractivity contribution is -0.113. The smallest absolute Gasteiger partial charge is 0.271 e. The normalized spacial score (nSPS) is 17.8. The molecule has 2 aromatic carbocycles. The second kappa shape index (κ2) is 10.5. The third kappa shape index (κ3) is 4.76. The van der Waals surface area contributed by atoms with Crippen molar-refractivity contribution in [3.8, 4) is 0 Å². The van der Waals surface area contributed by atoms with Gasteiger partial charge in [-0.05, 0) is 54.3 Å². The fourth-order valence-corrected chi connectivity index (χ4v) is 6.67. The molecule has 38 heavy (non-hydrogen) atoms. The molecule has 192 valence electrons. The van der Waals surface area contributed by atoms with E-state index in [0.29, 0.717) is 26.3 Å². The fourth-order valence-electron chi connectivity index (χ4n) is 4.80. The van der Waals surface area contributed by atoms with E-state index in [-0.39, 0.29) is 11.5 Å². The van der Waals surface area contributed by atoms with Crippen LogP contribution in [0.2, 0.25) is 0 Å². The summed E-state index contributed by atoms with van der Waals surface area (Å²) in [7, 11) is 0. The molecule has 4 aromatic rings. The lowest BCUT2D eigenvalue weighted by atomic mass is 10.0. The van der Waals surface area contributed by atoms with Gasteiger partial charge in [0.15, 0.2) is 4.80 Å². The Bertz CT molecular complexity index is 1660. The van der Waals surface area contributed by atoms with E-state index in [2.05, 4.69) is 22.3 Å². The van der Waals surface area contributed by atoms with Crippen molar-refractivity contribution in [3.05, 3.63) is 114 Å². The van der Waals surface area contributed by atoms with Crippen molar-refractivity contribution in [2.45, 2.75) is 13.0 Å². The number of carbonyl (C=O) groups is 1. The number of hydrogen-bond donors (Lipinski definition) is 1. The molecule has 2 aliphatic rings. The minimum absolute atomic E-state index is 0.151. The number of rotatable bonds is 5. The maximum Gasteiger partial charge on any atom is 0.271 e. The fraction of sp³-hybridized carbons (Fsp3) is 0.207. The highest BCUT2D eigenvalue weighted by Crippen LogP contribution is 2.33. The summed E-state index contributed by atoms with van der Waals surface area (Å²) >= 11 is 2.88. The minimum atomic E-state index is -0.541. The maximum atomic E-state index is 13.8. The Balaban J connectivity index is 1.38. The van der Waals surface area contributed by atoms with E-state index in [1.165, 1.54) is 22.7 Å². The number of hydrogen-bond acceptors (Lipinski definition) is 7. The molecule has 1 N–H and O–H groups in total. The number of ether oxygens (including phenoxy) is 1. The van der Waals surface area contributed by atoms with Crippen LogP contribution in [0, 0.1) is 0 Å². The summed E-state index contributed by atoms with van der Waals surface area (Å²) in [5, 5.41) is 4.94. The van der Waals surface area contributed by atoms with Gasteiger partial charge in [-0.25, -0.2) is 4.99 Å². The van der Waals surface area contributed by atoms with Crippen LogP contribution in [0.25, 0.3) is 6.08 Å². The topological polar surface area (TPSA) is 75.9 Å². The van der Waals surface area contributed by atoms with Gasteiger partial charge in [0.25, 0.3) is 11.5 Å². The van der Waals surface area contributed by atoms with Gasteiger partial charge in [-0.3, -0.25) is 14.2 Å². The number of allylic oxidation sites excluding steroid dienone is 1. The molecule has 0 aliphatic carbocycles. The van der Waals surface area contributed by atoms with Crippen molar-refractivity contribution in [3.63, 3.8) is 0 Å². The number of fused-ring (bicyclic) bond motifs is 1. The molecule has 1 fully saturated rings. The van der Waals surface area contributed by atoms with Gasteiger partial charge < -0.3 is 15.0 Å². The van der Waals surface area contributed by atoms with E-state index in [9.17, 15) is 9.59 Å². The number of morpholine rings is 1. The molecular weight excluding hydrogens is 516 g/mol. The first-order valence-electron chi connectivity index (χ1n) is 12.4. The highest BCUT2D eigenvalue weighted by Gasteiger charge is 2.33. The van der Waals surface area contributed by atoms with Gasteiger partial charge in [-0.2, -0.15) is 0 Å². The van der Waals surface area contributed by atoms with Gasteiger partial charge in [0.2, 0.25) is 0 Å². The molecule has 0 saturated carbocycles. The molecule has 1 saturated heterocycles. The quantitative estimate of drug-likeness (QED) is 0.417. The zero-order valence-electron chi connectivity index (χ0n) is 20.8. The predicted molar refractivity (Wildman–Crippen MR) is 153 cm³/mol. The van der Waals surface area contributed by atoms with Crippen LogP contribution in [0.5, 0.6) is 0 Å². The van der Waals surface area contributed by atoms with E-state index in [1.54, 1.807) is 4.57 Å². The number of thiophene rings is 1. The number of benzene rings is 2. The third-order valence-corrected chi connectivity index (χ3v) is 8.59. The molecule has 2 aliphatic heterocycles. The molecule has 6 rings (SSSR count). The van der Waals surface area contributed by atoms with Crippen LogP contribution in [0.4, 0.5) is 11.4 Å². The molecule has 1 amide bonds. The van der Waals surface area contributed by atoms with Gasteiger partial charge >= 0.3 is 0 Å². The minimum Gasteiger partial charge on any atom is -0.378 e. The van der Waals surface area contributed by atoms with Crippen molar-refractivity contribution >= 4 is 46.0 Å². The summed E-state index contributed by atoms with van der Waals surface area (Å²) in [5.41, 5.74) is 3.72. The number of nitrogens with zero attached hydrogens (tertiary/aromatic N) is 3. The first kappa shape index (κ1) is 24.5. The molecule has 1 atom stereocenters. The number of nitrogens with one attached hydrogen (secondary N) is 1. The summed E-state index contributed by atoms with van der Waals surface area (Å²) in [4.78, 5) is 35.8. The van der Waals surface area contributed by atoms with Crippen LogP contribution in [-0.4, -0.2) is 36.8 Å². The van der Waals surface area contributed by atoms with Crippen LogP contribution < -0.4 is 25.1 Å². The molecule has 0 spiro atoms. The molecular formula is C29H26N4O3S2. The number of para-hydroxylation sites is 1. The Hall–Kier alpha value is -3.79. The zero-order valence-corrected chi connectivity index (χ0v) is 22.4. The van der Waals surface area contributed by atoms with E-state index in [4.69, 9.17) is 9.73 Å². The predicted octanol–water partition coefficient (Wildman–Crippen LogP) is 3.77. The second-order valence-corrected chi connectivity index (χ2v) is 11.1. The van der Waals surface area contributed by atoms with E-state index in [1.807, 2.05) is 73.0 Å². The summed E-state index contributed by atoms with van der Waals surface area (Å²) in [6.07, 6.45) is 1.90. The molecule has 0 bridgehead atoms. The standard InChI is InChI=1S/C29H26N4O3S2/c1-19-25(27(34)31-21-6-3-2-4-7-21)26(23-8-5-17-37-23)33-28(35)24(38-29(33)30-19)18-20-9-11-22(12-10-20)32-13-15-36-16-14-32/h2-12,17-18,26H,13-16H2,1H3,(H,31,34). The first-order chi connectivity index (χ1) is 18.6. The van der Waals surface area contributed by atoms with Crippen molar-refractivity contribution in [2.24, 2.45) is 4.99 Å². The van der Waals surface area contributed by atoms with Crippen LogP contribution in [0.1, 0.15) is 23.4 Å². The van der Waals surface area contributed by atoms with Gasteiger partial charge in [-0.15, -0.1) is 11.3 Å². The number of carbonyl (C=O) groups excluding carboxylic acids is 1. The van der Waals surface area contributed by atoms with E-state index in [0.717, 1.165) is 42.4 Å². The SMILES string of the molecule is CC1=C(C(=O)Nc2ccccc2)C(c2cccs2)n2c(sc(=Cc3ccc(N4CCOCC4)cc3)c2=O)=N1. The van der Waals surface area contributed by atoms with E-state index >= 15 is 0 Å². The Kier molecular flexibility index (Phi) is 6.80. The second-order valence-electron chi connectivity index (χ2n) is 9.11. The average molecular weight is 543 g/mol. The van der Waals surface area contributed by atoms with Crippen molar-refractivity contribution < 1.29 is 9.53 Å². The molecule has 2 aromatic heterocycles. The van der Waals surface area contributed by atoms with E-state index < -0.39 is 6.04 Å². The summed E-state index contributed by atoms with van der Waals surface area (Å²) in [6, 6.07) is 20.9. The molecule has 1 unspecified atom stereocenters. The first-order valence-corrected chi connectivity index (χ1v) is 14.1. The van der Waals surface area contributed by atoms with Crippen LogP contribution in [-0.2, 0) is 9.53 Å². The lowest BCUT2D eigenvalue weighted by Crippen LogP contribution is -2.40. The number of aromatic nitrogens is 1.